The molecule has 4 aromatic carbocycles. The quantitative estimate of drug-likeness (QED) is 0.387. The highest BCUT2D eigenvalue weighted by Gasteiger charge is 2.52. The number of phenolic OH excluding ortho intramolecular Hbond substituents is 1. The van der Waals surface area contributed by atoms with Gasteiger partial charge in [0.15, 0.2) is 0 Å². The molecule has 0 heterocycles. The Morgan fingerprint density at radius 3 is 1.66 bits per heavy atom. The van der Waals surface area contributed by atoms with E-state index in [9.17, 15) is 15.6 Å². The van der Waals surface area contributed by atoms with Crippen LogP contribution in [0.4, 0.5) is 0 Å². The first kappa shape index (κ1) is 18.2. The summed E-state index contributed by atoms with van der Waals surface area (Å²) in [5.41, 5.74) is 8.37. The van der Waals surface area contributed by atoms with Crippen LogP contribution in [-0.2, 0) is 5.41 Å². The predicted molar refractivity (Wildman–Crippen MR) is 120 cm³/mol. The molecule has 2 aliphatic carbocycles. The highest BCUT2D eigenvalue weighted by Crippen LogP contribution is 2.63. The van der Waals surface area contributed by atoms with Gasteiger partial charge in [0.05, 0.1) is 35.8 Å². The van der Waals surface area contributed by atoms with Crippen LogP contribution in [0.2, 0.25) is 0 Å². The van der Waals surface area contributed by atoms with Crippen molar-refractivity contribution in [2.45, 2.75) is 5.41 Å². The van der Waals surface area contributed by atoms with Crippen molar-refractivity contribution in [1.29, 1.82) is 10.5 Å². The number of hydrogen-bond acceptors (Lipinski definition) is 4. The molecule has 0 bridgehead atoms. The highest BCUT2D eigenvalue weighted by molar-refractivity contribution is 5.95. The van der Waals surface area contributed by atoms with Gasteiger partial charge in [-0.05, 0) is 93.0 Å². The first-order valence-electron chi connectivity index (χ1n) is 10.2. The van der Waals surface area contributed by atoms with Crippen LogP contribution in [0.25, 0.3) is 22.3 Å². The summed E-state index contributed by atoms with van der Waals surface area (Å²) in [5.74, 6) is 0.897. The lowest BCUT2D eigenvalue weighted by molar-refractivity contribution is 0.414. The molecular formula is C28H16N2O2. The van der Waals surface area contributed by atoms with Gasteiger partial charge in [-0.25, -0.2) is 0 Å². The number of phenols is 1. The molecule has 1 N–H and O–H groups in total. The molecule has 0 aromatic heterocycles. The van der Waals surface area contributed by atoms with Crippen molar-refractivity contribution in [1.82, 2.24) is 0 Å². The molecule has 0 aliphatic heterocycles. The maximum Gasteiger partial charge on any atom is 0.119 e. The second-order valence-corrected chi connectivity index (χ2v) is 8.14. The second-order valence-electron chi connectivity index (χ2n) is 8.14. The van der Waals surface area contributed by atoms with Gasteiger partial charge in [-0.3, -0.25) is 0 Å². The molecule has 0 radical (unpaired) electrons. The zero-order valence-corrected chi connectivity index (χ0v) is 17.2. The van der Waals surface area contributed by atoms with Gasteiger partial charge in [0.25, 0.3) is 0 Å². The number of ether oxygens (including phenoxy) is 1. The van der Waals surface area contributed by atoms with E-state index in [4.69, 9.17) is 4.74 Å². The van der Waals surface area contributed by atoms with Gasteiger partial charge in [0.2, 0.25) is 0 Å². The summed E-state index contributed by atoms with van der Waals surface area (Å²) in [5, 5.41) is 29.8. The van der Waals surface area contributed by atoms with Crippen molar-refractivity contribution < 1.29 is 9.84 Å². The maximum atomic E-state index is 10.5. The van der Waals surface area contributed by atoms with Crippen molar-refractivity contribution in [2.24, 2.45) is 0 Å². The molecule has 0 amide bonds. The third-order valence-electron chi connectivity index (χ3n) is 6.72. The molecule has 1 atom stereocenters. The number of aromatic hydroxyl groups is 1. The van der Waals surface area contributed by atoms with E-state index in [1.165, 1.54) is 0 Å². The Labute approximate surface area is 185 Å². The molecule has 6 rings (SSSR count). The number of hydrogen-bond donors (Lipinski definition) is 1. The van der Waals surface area contributed by atoms with Crippen LogP contribution in [0.3, 0.4) is 0 Å². The molecule has 1 unspecified atom stereocenters. The average molecular weight is 412 g/mol. The third-order valence-corrected chi connectivity index (χ3v) is 6.72. The molecule has 0 saturated heterocycles. The lowest BCUT2D eigenvalue weighted by Crippen LogP contribution is -2.26. The standard InChI is InChI=1S/C28H16N2O2/c1-32-19-5-9-23-21-7-3-17(15-30)11-25(21)28(27(23)13-19)24-10-16(14-29)2-6-20(24)22-8-4-18(31)12-26(22)28/h2-13,31H,1H3. The summed E-state index contributed by atoms with van der Waals surface area (Å²) >= 11 is 0. The minimum atomic E-state index is -0.762. The molecule has 4 heteroatoms. The van der Waals surface area contributed by atoms with Gasteiger partial charge >= 0.3 is 0 Å². The Morgan fingerprint density at radius 2 is 1.12 bits per heavy atom. The van der Waals surface area contributed by atoms with E-state index in [0.29, 0.717) is 11.1 Å². The number of nitrogens with zero attached hydrogens (tertiary/aromatic N) is 2. The molecule has 4 nitrogen and oxygen atoms in total. The second kappa shape index (κ2) is 6.23. The Kier molecular flexibility index (Phi) is 3.55. The Bertz CT molecular complexity index is 1530. The van der Waals surface area contributed by atoms with Gasteiger partial charge in [0.1, 0.15) is 11.5 Å². The van der Waals surface area contributed by atoms with Gasteiger partial charge in [-0.15, -0.1) is 0 Å². The molecule has 150 valence electrons. The molecule has 0 fully saturated rings. The van der Waals surface area contributed by atoms with Gasteiger partial charge in [0, 0.05) is 0 Å². The third kappa shape index (κ3) is 2.09. The molecule has 32 heavy (non-hydrogen) atoms. The first-order chi connectivity index (χ1) is 15.6. The van der Waals surface area contributed by atoms with Crippen LogP contribution in [0, 0.1) is 22.7 Å². The summed E-state index contributed by atoms with van der Waals surface area (Å²) in [7, 11) is 1.64. The molecule has 1 spiro atoms. The van der Waals surface area contributed by atoms with Gasteiger partial charge in [-0.2, -0.15) is 10.5 Å². The summed E-state index contributed by atoms with van der Waals surface area (Å²) in [6, 6.07) is 27.5. The van der Waals surface area contributed by atoms with Crippen LogP contribution in [0.5, 0.6) is 11.5 Å². The summed E-state index contributed by atoms with van der Waals surface area (Å²) in [4.78, 5) is 0. The van der Waals surface area contributed by atoms with E-state index in [0.717, 1.165) is 50.3 Å². The van der Waals surface area contributed by atoms with Crippen LogP contribution >= 0.6 is 0 Å². The minimum absolute atomic E-state index is 0.172. The molecule has 4 aromatic rings. The zero-order chi connectivity index (χ0) is 22.0. The lowest BCUT2D eigenvalue weighted by atomic mass is 9.70. The van der Waals surface area contributed by atoms with Crippen LogP contribution in [0.1, 0.15) is 33.4 Å². The first-order valence-corrected chi connectivity index (χ1v) is 10.2. The van der Waals surface area contributed by atoms with E-state index in [1.807, 2.05) is 60.7 Å². The van der Waals surface area contributed by atoms with E-state index < -0.39 is 5.41 Å². The topological polar surface area (TPSA) is 77.0 Å². The van der Waals surface area contributed by atoms with Crippen LogP contribution < -0.4 is 4.74 Å². The number of rotatable bonds is 1. The number of nitriles is 2. The number of fused-ring (bicyclic) bond motifs is 10. The summed E-state index contributed by atoms with van der Waals surface area (Å²) < 4.78 is 5.58. The molecular weight excluding hydrogens is 396 g/mol. The predicted octanol–water partition coefficient (Wildman–Crippen LogP) is 5.49. The highest BCUT2D eigenvalue weighted by atomic mass is 16.5. The molecule has 0 saturated carbocycles. The number of benzene rings is 4. The Morgan fingerprint density at radius 1 is 0.656 bits per heavy atom. The van der Waals surface area contributed by atoms with E-state index >= 15 is 0 Å². The zero-order valence-electron chi connectivity index (χ0n) is 17.2. The van der Waals surface area contributed by atoms with Crippen molar-refractivity contribution in [3.63, 3.8) is 0 Å². The Balaban J connectivity index is 1.86. The monoisotopic (exact) mass is 412 g/mol. The van der Waals surface area contributed by atoms with Crippen molar-refractivity contribution in [3.8, 4) is 45.9 Å². The fraction of sp³-hybridized carbons (Fsp3) is 0.0714. The number of methoxy groups -OCH3 is 1. The fourth-order valence-electron chi connectivity index (χ4n) is 5.46. The molecule has 2 aliphatic rings. The van der Waals surface area contributed by atoms with E-state index in [1.54, 1.807) is 19.2 Å². The largest absolute Gasteiger partial charge is 0.508 e. The smallest absolute Gasteiger partial charge is 0.119 e. The minimum Gasteiger partial charge on any atom is -0.508 e. The fourth-order valence-corrected chi connectivity index (χ4v) is 5.46. The van der Waals surface area contributed by atoms with Crippen LogP contribution in [-0.4, -0.2) is 12.2 Å². The maximum absolute atomic E-state index is 10.5. The summed E-state index contributed by atoms with van der Waals surface area (Å²) in [6.07, 6.45) is 0. The van der Waals surface area contributed by atoms with Crippen molar-refractivity contribution in [2.75, 3.05) is 7.11 Å². The van der Waals surface area contributed by atoms with Crippen molar-refractivity contribution in [3.05, 3.63) is 106 Å². The SMILES string of the molecule is COc1ccc2c(c1)C1(c3cc(O)ccc3-c3ccc(C#N)cc31)c1cc(C#N)ccc1-2. The Hall–Kier alpha value is -4.54. The van der Waals surface area contributed by atoms with Crippen LogP contribution in [0.15, 0.2) is 72.8 Å². The summed E-state index contributed by atoms with van der Waals surface area (Å²) in [6.45, 7) is 0. The van der Waals surface area contributed by atoms with Crippen molar-refractivity contribution >= 4 is 0 Å². The lowest BCUT2D eigenvalue weighted by Gasteiger charge is -2.30. The van der Waals surface area contributed by atoms with Gasteiger partial charge < -0.3 is 9.84 Å². The van der Waals surface area contributed by atoms with E-state index in [2.05, 4.69) is 12.1 Å². The normalized spacial score (nSPS) is 16.5. The van der Waals surface area contributed by atoms with E-state index in [-0.39, 0.29) is 5.75 Å². The average Bonchev–Trinajstić information content (AvgIpc) is 3.28. The van der Waals surface area contributed by atoms with Gasteiger partial charge in [-0.1, -0.05) is 24.3 Å².